The Morgan fingerprint density at radius 3 is 2.15 bits per heavy atom. The highest BCUT2D eigenvalue weighted by Gasteiger charge is 2.14. The first-order valence-corrected chi connectivity index (χ1v) is 6.74. The molecule has 20 heavy (non-hydrogen) atoms. The van der Waals surface area contributed by atoms with E-state index in [2.05, 4.69) is 16.9 Å². The number of nitrogens with zero attached hydrogens (tertiary/aromatic N) is 5. The standard InChI is InChI=1S/C12H25N7O/c1-5-7-18(13)11-9-10(17(3)20-4)15-12(16-11)19(14)8-6-2/h9H,5-8,13-14H2,1-4H3. The Bertz CT molecular complexity index is 385. The molecule has 1 rings (SSSR count). The van der Waals surface area contributed by atoms with E-state index in [4.69, 9.17) is 16.5 Å². The van der Waals surface area contributed by atoms with Crippen molar-refractivity contribution in [1.82, 2.24) is 9.97 Å². The Morgan fingerprint density at radius 1 is 1.05 bits per heavy atom. The zero-order valence-corrected chi connectivity index (χ0v) is 12.7. The molecule has 0 saturated carbocycles. The van der Waals surface area contributed by atoms with Crippen LogP contribution in [0.2, 0.25) is 0 Å². The molecule has 4 N–H and O–H groups in total. The number of aromatic nitrogens is 2. The van der Waals surface area contributed by atoms with E-state index < -0.39 is 0 Å². The van der Waals surface area contributed by atoms with Crippen molar-refractivity contribution in [2.24, 2.45) is 11.7 Å². The van der Waals surface area contributed by atoms with Crippen LogP contribution in [0.25, 0.3) is 0 Å². The van der Waals surface area contributed by atoms with E-state index in [9.17, 15) is 0 Å². The minimum atomic E-state index is 0.426. The molecule has 8 nitrogen and oxygen atoms in total. The lowest BCUT2D eigenvalue weighted by molar-refractivity contribution is 0.182. The van der Waals surface area contributed by atoms with E-state index in [1.165, 1.54) is 10.1 Å². The van der Waals surface area contributed by atoms with Gasteiger partial charge in [-0.3, -0.25) is 14.9 Å². The molecule has 0 atom stereocenters. The number of nitrogens with two attached hydrogens (primary N) is 2. The molecule has 0 radical (unpaired) electrons. The second-order valence-electron chi connectivity index (χ2n) is 4.45. The summed E-state index contributed by atoms with van der Waals surface area (Å²) in [7, 11) is 3.33. The van der Waals surface area contributed by atoms with Crippen LogP contribution in [0, 0.1) is 0 Å². The Hall–Kier alpha value is -1.64. The molecule has 0 amide bonds. The van der Waals surface area contributed by atoms with Crippen LogP contribution in [-0.4, -0.2) is 37.2 Å². The lowest BCUT2D eigenvalue weighted by atomic mass is 10.4. The third kappa shape index (κ3) is 4.19. The van der Waals surface area contributed by atoms with Crippen molar-refractivity contribution < 1.29 is 4.84 Å². The van der Waals surface area contributed by atoms with Crippen molar-refractivity contribution in [2.45, 2.75) is 26.7 Å². The van der Waals surface area contributed by atoms with Crippen molar-refractivity contribution in [1.29, 1.82) is 0 Å². The molecule has 0 aliphatic heterocycles. The highest BCUT2D eigenvalue weighted by atomic mass is 16.7. The molecule has 1 heterocycles. The monoisotopic (exact) mass is 283 g/mol. The maximum Gasteiger partial charge on any atom is 0.243 e. The number of rotatable bonds is 8. The first-order chi connectivity index (χ1) is 9.53. The zero-order chi connectivity index (χ0) is 15.1. The van der Waals surface area contributed by atoms with Gasteiger partial charge in [0.1, 0.15) is 5.82 Å². The van der Waals surface area contributed by atoms with Gasteiger partial charge >= 0.3 is 0 Å². The quantitative estimate of drug-likeness (QED) is 0.530. The Labute approximate surface area is 120 Å². The van der Waals surface area contributed by atoms with Crippen LogP contribution in [-0.2, 0) is 4.84 Å². The second kappa shape index (κ2) is 7.83. The number of hydrazine groups is 2. The van der Waals surface area contributed by atoms with Crippen molar-refractivity contribution in [3.63, 3.8) is 0 Å². The fraction of sp³-hybridized carbons (Fsp3) is 0.667. The first kappa shape index (κ1) is 16.4. The summed E-state index contributed by atoms with van der Waals surface area (Å²) in [5.41, 5.74) is 0. The molecule has 0 unspecified atom stereocenters. The molecule has 0 aromatic carbocycles. The molecular weight excluding hydrogens is 258 g/mol. The van der Waals surface area contributed by atoms with Gasteiger partial charge in [-0.2, -0.15) is 9.97 Å². The van der Waals surface area contributed by atoms with Crippen molar-refractivity contribution >= 4 is 17.6 Å². The van der Waals surface area contributed by atoms with Crippen molar-refractivity contribution in [3.05, 3.63) is 6.07 Å². The summed E-state index contributed by atoms with van der Waals surface area (Å²) in [5.74, 6) is 13.6. The van der Waals surface area contributed by atoms with Crippen LogP contribution in [0.15, 0.2) is 6.07 Å². The van der Waals surface area contributed by atoms with Crippen molar-refractivity contribution in [3.8, 4) is 0 Å². The van der Waals surface area contributed by atoms with E-state index in [-0.39, 0.29) is 0 Å². The third-order valence-corrected chi connectivity index (χ3v) is 2.76. The van der Waals surface area contributed by atoms with E-state index in [1.807, 2.05) is 6.92 Å². The minimum absolute atomic E-state index is 0.426. The Kier molecular flexibility index (Phi) is 6.43. The normalized spacial score (nSPS) is 10.5. The maximum absolute atomic E-state index is 5.98. The lowest BCUT2D eigenvalue weighted by Gasteiger charge is -2.23. The predicted octanol–water partition coefficient (Wildman–Crippen LogP) is 0.654. The summed E-state index contributed by atoms with van der Waals surface area (Å²) < 4.78 is 0. The van der Waals surface area contributed by atoms with Gasteiger partial charge in [-0.15, -0.1) is 0 Å². The largest absolute Gasteiger partial charge is 0.295 e. The summed E-state index contributed by atoms with van der Waals surface area (Å²) in [6.07, 6.45) is 1.83. The summed E-state index contributed by atoms with van der Waals surface area (Å²) in [6, 6.07) is 1.77. The van der Waals surface area contributed by atoms with Gasteiger partial charge in [0.25, 0.3) is 0 Å². The molecular formula is C12H25N7O. The highest BCUT2D eigenvalue weighted by Crippen LogP contribution is 2.20. The second-order valence-corrected chi connectivity index (χ2v) is 4.45. The van der Waals surface area contributed by atoms with E-state index in [0.717, 1.165) is 12.8 Å². The summed E-state index contributed by atoms with van der Waals surface area (Å²) in [5, 5.41) is 4.63. The third-order valence-electron chi connectivity index (χ3n) is 2.76. The molecule has 0 saturated heterocycles. The Balaban J connectivity index is 3.13. The molecule has 0 aliphatic rings. The predicted molar refractivity (Wildman–Crippen MR) is 81.1 cm³/mol. The zero-order valence-electron chi connectivity index (χ0n) is 12.7. The van der Waals surface area contributed by atoms with Gasteiger partial charge in [0, 0.05) is 26.2 Å². The first-order valence-electron chi connectivity index (χ1n) is 6.74. The van der Waals surface area contributed by atoms with Crippen LogP contribution >= 0.6 is 0 Å². The summed E-state index contributed by atoms with van der Waals surface area (Å²) in [4.78, 5) is 13.9. The number of anilines is 3. The van der Waals surface area contributed by atoms with Gasteiger partial charge in [-0.25, -0.2) is 16.7 Å². The highest BCUT2D eigenvalue weighted by molar-refractivity contribution is 5.53. The average Bonchev–Trinajstić information content (AvgIpc) is 2.46. The van der Waals surface area contributed by atoms with Gasteiger partial charge in [0.2, 0.25) is 5.95 Å². The van der Waals surface area contributed by atoms with E-state index >= 15 is 0 Å². The molecule has 8 heteroatoms. The van der Waals surface area contributed by atoms with Gasteiger partial charge in [0.15, 0.2) is 5.82 Å². The van der Waals surface area contributed by atoms with Gasteiger partial charge in [0.05, 0.1) is 7.11 Å². The molecule has 1 aromatic heterocycles. The van der Waals surface area contributed by atoms with Crippen LogP contribution in [0.3, 0.4) is 0 Å². The van der Waals surface area contributed by atoms with E-state index in [1.54, 1.807) is 25.2 Å². The van der Waals surface area contributed by atoms with Crippen LogP contribution in [0.4, 0.5) is 17.6 Å². The topological polar surface area (TPSA) is 96.8 Å². The fourth-order valence-corrected chi connectivity index (χ4v) is 1.64. The number of hydrogen-bond donors (Lipinski definition) is 2. The van der Waals surface area contributed by atoms with Gasteiger partial charge < -0.3 is 0 Å². The van der Waals surface area contributed by atoms with Gasteiger partial charge in [-0.05, 0) is 12.8 Å². The average molecular weight is 283 g/mol. The van der Waals surface area contributed by atoms with Crippen molar-refractivity contribution in [2.75, 3.05) is 42.3 Å². The fourth-order valence-electron chi connectivity index (χ4n) is 1.64. The lowest BCUT2D eigenvalue weighted by Crippen LogP contribution is -2.36. The van der Waals surface area contributed by atoms with Crippen LogP contribution in [0.5, 0.6) is 0 Å². The number of hydrogen-bond acceptors (Lipinski definition) is 8. The van der Waals surface area contributed by atoms with Crippen LogP contribution < -0.4 is 26.8 Å². The smallest absolute Gasteiger partial charge is 0.243 e. The minimum Gasteiger partial charge on any atom is -0.295 e. The molecule has 0 aliphatic carbocycles. The number of hydroxylamine groups is 1. The maximum atomic E-state index is 5.98. The molecule has 114 valence electrons. The summed E-state index contributed by atoms with van der Waals surface area (Å²) in [6.45, 7) is 5.46. The van der Waals surface area contributed by atoms with Crippen LogP contribution in [0.1, 0.15) is 26.7 Å². The molecule has 0 bridgehead atoms. The van der Waals surface area contributed by atoms with Gasteiger partial charge in [-0.1, -0.05) is 13.8 Å². The molecule has 1 aromatic rings. The van der Waals surface area contributed by atoms with E-state index in [0.29, 0.717) is 30.7 Å². The molecule has 0 spiro atoms. The summed E-state index contributed by atoms with van der Waals surface area (Å²) >= 11 is 0. The Morgan fingerprint density at radius 2 is 1.60 bits per heavy atom. The SMILES string of the molecule is CCCN(N)c1cc(N(C)OC)nc(N(N)CCC)n1. The molecule has 0 fully saturated rings.